The van der Waals surface area contributed by atoms with E-state index < -0.39 is 24.3 Å². The van der Waals surface area contributed by atoms with Crippen molar-refractivity contribution in [1.82, 2.24) is 54.9 Å². The Kier molecular flexibility index (Phi) is 19.7. The summed E-state index contributed by atoms with van der Waals surface area (Å²) < 4.78 is 30.3. The van der Waals surface area contributed by atoms with Crippen molar-refractivity contribution < 1.29 is 40.1 Å². The molecule has 8 fully saturated rings. The largest absolute Gasteiger partial charge is 0.479 e. The summed E-state index contributed by atoms with van der Waals surface area (Å²) in [5.41, 5.74) is 13.3. The van der Waals surface area contributed by atoms with Gasteiger partial charge in [-0.3, -0.25) is 19.2 Å². The van der Waals surface area contributed by atoms with Crippen LogP contribution < -0.4 is 21.7 Å². The van der Waals surface area contributed by atoms with Crippen molar-refractivity contribution in [3.05, 3.63) is 94.5 Å². The summed E-state index contributed by atoms with van der Waals surface area (Å²) in [6, 6.07) is 20.6. The minimum atomic E-state index is -1.58. The van der Waals surface area contributed by atoms with E-state index in [1.165, 1.54) is 27.7 Å². The first-order chi connectivity index (χ1) is 44.1. The number of hydrogen-bond acceptors (Lipinski definition) is 21. The van der Waals surface area contributed by atoms with Crippen LogP contribution in [-0.4, -0.2) is 145 Å². The predicted molar refractivity (Wildman–Crippen MR) is 350 cm³/mol. The summed E-state index contributed by atoms with van der Waals surface area (Å²) in [4.78, 5) is 32.1. The SMILES string of the molecule is CC(C)(O)C(=O)NC12CCC(c3nnc(-c4cnc(-c5ccc6cc(C#N)cnn56)cc4NC4CCOCC4)s3)(CC1)CC2.CC(C)(O)C(=O)O.Cl.N#Cc1cnn2c(-c3cc(NC4CCOCC4)c(-c4nnc(C56CCC(N)(CC5)CC6)s4)cn3)ccc2c1.[2H]CF. The third kappa shape index (κ3) is 14.3. The number of fused-ring (bicyclic) bond motifs is 8. The first-order valence-electron chi connectivity index (χ1n) is 31.6. The first-order valence-corrected chi connectivity index (χ1v) is 32.5. The molecule has 0 radical (unpaired) electrons. The smallest absolute Gasteiger partial charge is 0.335 e. The number of nitrogens with one attached hydrogen (secondary N) is 3. The van der Waals surface area contributed by atoms with Gasteiger partial charge in [-0.05, 0) is 179 Å². The quantitative estimate of drug-likeness (QED) is 0.0564. The third-order valence-corrected chi connectivity index (χ3v) is 21.4. The highest BCUT2D eigenvalue weighted by Gasteiger charge is 2.53. The monoisotopic (exact) mass is 1310 g/mol. The number of aromatic nitrogens is 10. The van der Waals surface area contributed by atoms with E-state index in [1.807, 2.05) is 53.3 Å². The second-order valence-electron chi connectivity index (χ2n) is 26.0. The molecule has 8 aliphatic rings. The Balaban J connectivity index is 0.000000177. The number of ether oxygens (including phenoxy) is 2. The van der Waals surface area contributed by atoms with Crippen molar-refractivity contribution in [3.63, 3.8) is 0 Å². The molecule has 23 nitrogen and oxygen atoms in total. The number of rotatable bonds is 13. The van der Waals surface area contributed by atoms with Gasteiger partial charge in [0, 0.05) is 84.2 Å². The van der Waals surface area contributed by atoms with Gasteiger partial charge in [0.05, 0.1) is 77.0 Å². The fraction of sp³-hybridized carbons (Fsp3) is 0.508. The molecule has 6 saturated carbocycles. The lowest BCUT2D eigenvalue weighted by molar-refractivity contribution is -0.154. The Morgan fingerprint density at radius 2 is 1.04 bits per heavy atom. The van der Waals surface area contributed by atoms with Crippen LogP contribution in [0.5, 0.6) is 0 Å². The van der Waals surface area contributed by atoms with Gasteiger partial charge in [-0.15, -0.1) is 32.8 Å². The maximum absolute atomic E-state index is 12.6. The fourth-order valence-corrected chi connectivity index (χ4v) is 15.4. The molecule has 27 heteroatoms. The van der Waals surface area contributed by atoms with Crippen molar-refractivity contribution in [2.24, 2.45) is 5.73 Å². The number of nitrogens with zero attached hydrogens (tertiary/aromatic N) is 12. The van der Waals surface area contributed by atoms with Crippen molar-refractivity contribution in [3.8, 4) is 56.1 Å². The summed E-state index contributed by atoms with van der Waals surface area (Å²) in [5.74, 6) is -1.51. The van der Waals surface area contributed by atoms with Crippen LogP contribution >= 0.6 is 35.1 Å². The van der Waals surface area contributed by atoms with E-state index >= 15 is 0 Å². The van der Waals surface area contributed by atoms with Crippen LogP contribution in [0.3, 0.4) is 0 Å². The molecule has 1 amide bonds. The van der Waals surface area contributed by atoms with Crippen molar-refractivity contribution in [2.75, 3.05) is 44.2 Å². The molecule has 486 valence electrons. The zero-order valence-corrected chi connectivity index (χ0v) is 54.4. The van der Waals surface area contributed by atoms with Gasteiger partial charge in [-0.25, -0.2) is 13.8 Å². The highest BCUT2D eigenvalue weighted by Crippen LogP contribution is 2.56. The van der Waals surface area contributed by atoms with Crippen molar-refractivity contribution in [2.45, 2.75) is 176 Å². The lowest BCUT2D eigenvalue weighted by Crippen LogP contribution is -2.60. The van der Waals surface area contributed by atoms with Crippen LogP contribution in [0.1, 0.15) is 153 Å². The van der Waals surface area contributed by atoms with Crippen molar-refractivity contribution >= 4 is 69.4 Å². The fourth-order valence-electron chi connectivity index (χ4n) is 13.1. The number of amides is 1. The van der Waals surface area contributed by atoms with Crippen LogP contribution in [0.15, 0.2) is 73.3 Å². The molecule has 0 aromatic carbocycles. The van der Waals surface area contributed by atoms with Crippen LogP contribution in [0.25, 0.3) is 55.0 Å². The van der Waals surface area contributed by atoms with E-state index in [0.717, 1.165) is 206 Å². The van der Waals surface area contributed by atoms with Gasteiger partial charge < -0.3 is 46.5 Å². The molecule has 2 saturated heterocycles. The van der Waals surface area contributed by atoms with E-state index in [-0.39, 0.29) is 46.3 Å². The van der Waals surface area contributed by atoms with Gasteiger partial charge in [0.1, 0.15) is 27.8 Å². The van der Waals surface area contributed by atoms with Crippen LogP contribution in [-0.2, 0) is 29.9 Å². The number of carbonyl (C=O) groups excluding carboxylic acids is 1. The Morgan fingerprint density at radius 3 is 1.41 bits per heavy atom. The van der Waals surface area contributed by atoms with Crippen LogP contribution in [0.4, 0.5) is 15.8 Å². The van der Waals surface area contributed by atoms with E-state index in [1.54, 1.807) is 39.6 Å². The normalized spacial score (nSPS) is 23.0. The summed E-state index contributed by atoms with van der Waals surface area (Å²) in [7, 11) is -1.00. The summed E-state index contributed by atoms with van der Waals surface area (Å²) in [6.07, 6.45) is 22.6. The Hall–Kier alpha value is -7.66. The standard InChI is InChI=1S/C32H36N8O3S.C28H30N8OS.C4H8O3.CH3F.ClH/c1-30(2,42)28(41)37-32-10-7-31(8-11-32,9-12-32)29-39-38-27(44-29)23-19-34-25(16-24(23)36-21-5-13-43-14-6-21)26-4-3-22-15-20(17-33)18-35-40(22)26;29-15-18-13-20-1-2-24(36(20)32-16-18)23-14-22(33-19-3-11-37-12-4-19)21(17-31-23)25-34-35-26(38-25)27-5-8-28(30,9-6-27)10-7-27;1-4(2,7)3(5)6;1-2;/h3-4,15-16,18-19,21,42H,5-14H2,1-2H3,(H,34,36)(H,37,41);1-2,13-14,16-17,19H,3-12,30H2,(H,31,33);7H,1-2H3,(H,5,6);1H3;1H/i;;;1D;. The molecule has 0 atom stereocenters. The predicted octanol–water partition coefficient (Wildman–Crippen LogP) is 10.1. The number of hydrogen-bond donors (Lipinski definition) is 7. The zero-order chi connectivity index (χ0) is 65.1. The number of alkyl halides is 1. The third-order valence-electron chi connectivity index (χ3n) is 19.0. The van der Waals surface area contributed by atoms with Gasteiger partial charge in [-0.1, -0.05) is 22.7 Å². The molecule has 8 aromatic rings. The topological polar surface area (TPSA) is 335 Å². The van der Waals surface area contributed by atoms with E-state index in [4.69, 9.17) is 52.1 Å². The maximum atomic E-state index is 12.6. The molecule has 10 heterocycles. The number of aliphatic carboxylic acids is 1. The highest BCUT2D eigenvalue weighted by atomic mass is 35.5. The first kappa shape index (κ1) is 65.8. The summed E-state index contributed by atoms with van der Waals surface area (Å²) in [6.45, 7) is 8.47. The number of carboxylic acids is 1. The molecule has 2 aliphatic heterocycles. The number of carbonyl (C=O) groups is 2. The van der Waals surface area contributed by atoms with Gasteiger partial charge in [0.25, 0.3) is 5.91 Å². The number of nitrogens with two attached hydrogens (primary N) is 1. The summed E-state index contributed by atoms with van der Waals surface area (Å²) in [5, 5.41) is 87.7. The number of anilines is 2. The molecule has 4 bridgehead atoms. The average molecular weight is 1320 g/mol. The number of aliphatic hydroxyl groups is 2. The molecule has 6 aliphatic carbocycles. The zero-order valence-electron chi connectivity index (χ0n) is 53.0. The number of nitriles is 2. The van der Waals surface area contributed by atoms with E-state index in [2.05, 4.69) is 55.5 Å². The molecule has 8 aromatic heterocycles. The molecule has 8 N–H and O–H groups in total. The number of carboxylic acid groups (broad SMARTS) is 1. The molecule has 0 unspecified atom stereocenters. The van der Waals surface area contributed by atoms with E-state index in [9.17, 15) is 29.6 Å². The molecular weight excluding hydrogens is 1240 g/mol. The van der Waals surface area contributed by atoms with Gasteiger partial charge in [0.2, 0.25) is 0 Å². The molecule has 0 spiro atoms. The highest BCUT2D eigenvalue weighted by molar-refractivity contribution is 7.15. The van der Waals surface area contributed by atoms with E-state index in [0.29, 0.717) is 17.2 Å². The molecule has 92 heavy (non-hydrogen) atoms. The molecular formula is C65H78ClFN16O7S2. The van der Waals surface area contributed by atoms with Crippen LogP contribution in [0, 0.1) is 22.7 Å². The lowest BCUT2D eigenvalue weighted by atomic mass is 9.57. The lowest BCUT2D eigenvalue weighted by Gasteiger charge is -2.53. The van der Waals surface area contributed by atoms with Gasteiger partial charge in [-0.2, -0.15) is 20.7 Å². The Morgan fingerprint density at radius 1 is 0.652 bits per heavy atom. The Bertz CT molecular complexity index is 4020. The maximum Gasteiger partial charge on any atom is 0.335 e. The number of pyridine rings is 2. The number of halogens is 2. The average Bonchev–Trinajstić information content (AvgIpc) is 1.75. The second-order valence-corrected chi connectivity index (χ2v) is 28.0. The van der Waals surface area contributed by atoms with Crippen molar-refractivity contribution in [1.29, 1.82) is 10.5 Å². The Labute approximate surface area is 548 Å². The van der Waals surface area contributed by atoms with Gasteiger partial charge >= 0.3 is 5.97 Å². The van der Waals surface area contributed by atoms with Gasteiger partial charge in [0.15, 0.2) is 15.6 Å². The minimum absolute atomic E-state index is 0. The minimum Gasteiger partial charge on any atom is -0.479 e. The second kappa shape index (κ2) is 27.5. The van der Waals surface area contributed by atoms with Crippen LogP contribution in [0.2, 0.25) is 0 Å². The molecule has 16 rings (SSSR count). The summed E-state index contributed by atoms with van der Waals surface area (Å²) >= 11 is 3.35.